The fourth-order valence-corrected chi connectivity index (χ4v) is 2.88. The summed E-state index contributed by atoms with van der Waals surface area (Å²) in [6, 6.07) is 11.2. The first kappa shape index (κ1) is 15.8. The van der Waals surface area contributed by atoms with Crippen LogP contribution in [0.2, 0.25) is 0 Å². The molecule has 1 saturated carbocycles. The van der Waals surface area contributed by atoms with E-state index in [4.69, 9.17) is 0 Å². The van der Waals surface area contributed by atoms with E-state index in [2.05, 4.69) is 45.5 Å². The number of benzene rings is 1. The predicted molar refractivity (Wildman–Crippen MR) is 92.5 cm³/mol. The van der Waals surface area contributed by atoms with Crippen molar-refractivity contribution < 1.29 is 4.79 Å². The molecule has 1 aromatic carbocycles. The lowest BCUT2D eigenvalue weighted by atomic mass is 9.99. The number of amides is 1. The van der Waals surface area contributed by atoms with Gasteiger partial charge in [0.15, 0.2) is 5.96 Å². The molecule has 1 aliphatic heterocycles. The Hall–Kier alpha value is -2.04. The number of aliphatic imine (C=N–C) groups is 1. The second-order valence-electron chi connectivity index (χ2n) is 6.69. The number of nitrogens with one attached hydrogen (secondary N) is 1. The van der Waals surface area contributed by atoms with Crippen LogP contribution in [0.15, 0.2) is 35.3 Å². The number of rotatable bonds is 4. The van der Waals surface area contributed by atoms with Gasteiger partial charge in [-0.15, -0.1) is 0 Å². The Morgan fingerprint density at radius 2 is 2.00 bits per heavy atom. The Bertz CT molecular complexity index is 566. The average molecular weight is 314 g/mol. The van der Waals surface area contributed by atoms with Crippen molar-refractivity contribution in [3.8, 4) is 0 Å². The van der Waals surface area contributed by atoms with Crippen molar-refractivity contribution in [2.24, 2.45) is 4.99 Å². The first-order valence-electron chi connectivity index (χ1n) is 8.44. The van der Waals surface area contributed by atoms with Gasteiger partial charge in [0.25, 0.3) is 0 Å². The van der Waals surface area contributed by atoms with Crippen molar-refractivity contribution >= 4 is 11.9 Å². The summed E-state index contributed by atoms with van der Waals surface area (Å²) in [5.41, 5.74) is 1.39. The Labute approximate surface area is 138 Å². The summed E-state index contributed by atoms with van der Waals surface area (Å²) in [4.78, 5) is 20.3. The van der Waals surface area contributed by atoms with E-state index in [0.717, 1.165) is 25.5 Å². The number of carbonyl (C=O) groups is 1. The van der Waals surface area contributed by atoms with Gasteiger partial charge < -0.3 is 15.1 Å². The molecule has 23 heavy (non-hydrogen) atoms. The molecule has 5 nitrogen and oxygen atoms in total. The van der Waals surface area contributed by atoms with Crippen LogP contribution in [0, 0.1) is 0 Å². The second-order valence-corrected chi connectivity index (χ2v) is 6.69. The molecule has 1 saturated heterocycles. The first-order chi connectivity index (χ1) is 11.1. The van der Waals surface area contributed by atoms with Crippen LogP contribution in [0.3, 0.4) is 0 Å². The highest BCUT2D eigenvalue weighted by Gasteiger charge is 2.30. The summed E-state index contributed by atoms with van der Waals surface area (Å²) < 4.78 is 0. The third-order valence-corrected chi connectivity index (χ3v) is 4.53. The van der Waals surface area contributed by atoms with E-state index in [0.29, 0.717) is 12.0 Å². The lowest BCUT2D eigenvalue weighted by Crippen LogP contribution is -2.42. The van der Waals surface area contributed by atoms with E-state index in [9.17, 15) is 4.79 Å². The molecule has 0 bridgehead atoms. The van der Waals surface area contributed by atoms with Crippen LogP contribution >= 0.6 is 0 Å². The lowest BCUT2D eigenvalue weighted by molar-refractivity contribution is -0.127. The number of likely N-dealkylation sites (tertiary alicyclic amines) is 1. The minimum absolute atomic E-state index is 0.0407. The Balaban J connectivity index is 1.65. The van der Waals surface area contributed by atoms with Gasteiger partial charge in [0, 0.05) is 39.1 Å². The van der Waals surface area contributed by atoms with Crippen molar-refractivity contribution in [2.45, 2.75) is 31.2 Å². The van der Waals surface area contributed by atoms with E-state index < -0.39 is 0 Å². The largest absolute Gasteiger partial charge is 0.353 e. The van der Waals surface area contributed by atoms with E-state index >= 15 is 0 Å². The van der Waals surface area contributed by atoms with E-state index in [-0.39, 0.29) is 12.5 Å². The van der Waals surface area contributed by atoms with Gasteiger partial charge in [-0.2, -0.15) is 0 Å². The van der Waals surface area contributed by atoms with Gasteiger partial charge in [-0.25, -0.2) is 4.99 Å². The standard InChI is InChI=1S/C18H26N4O/c1-21(2)17(23)12-19-18(20-16-8-9-16)22-11-10-15(13-22)14-6-4-3-5-7-14/h3-7,15-16H,8-13H2,1-2H3,(H,19,20). The third-order valence-electron chi connectivity index (χ3n) is 4.53. The number of nitrogens with zero attached hydrogens (tertiary/aromatic N) is 3. The monoisotopic (exact) mass is 314 g/mol. The zero-order chi connectivity index (χ0) is 16.2. The molecule has 1 heterocycles. The smallest absolute Gasteiger partial charge is 0.243 e. The fourth-order valence-electron chi connectivity index (χ4n) is 2.88. The summed E-state index contributed by atoms with van der Waals surface area (Å²) in [5.74, 6) is 1.49. The number of carbonyl (C=O) groups excluding carboxylic acids is 1. The van der Waals surface area contributed by atoms with Crippen LogP contribution in [-0.4, -0.2) is 61.4 Å². The zero-order valence-corrected chi connectivity index (χ0v) is 14.0. The number of likely N-dealkylation sites (N-methyl/N-ethyl adjacent to an activating group) is 1. The van der Waals surface area contributed by atoms with Crippen LogP contribution in [0.1, 0.15) is 30.7 Å². The number of hydrogen-bond acceptors (Lipinski definition) is 2. The van der Waals surface area contributed by atoms with Gasteiger partial charge in [0.05, 0.1) is 0 Å². The van der Waals surface area contributed by atoms with Gasteiger partial charge in [-0.3, -0.25) is 4.79 Å². The van der Waals surface area contributed by atoms with Crippen LogP contribution in [-0.2, 0) is 4.79 Å². The van der Waals surface area contributed by atoms with Crippen molar-refractivity contribution in [3.05, 3.63) is 35.9 Å². The normalized spacial score (nSPS) is 21.4. The number of guanidine groups is 1. The molecule has 5 heteroatoms. The molecule has 124 valence electrons. The van der Waals surface area contributed by atoms with Gasteiger partial charge in [0.1, 0.15) is 6.54 Å². The predicted octanol–water partition coefficient (Wildman–Crippen LogP) is 1.67. The first-order valence-corrected chi connectivity index (χ1v) is 8.44. The summed E-state index contributed by atoms with van der Waals surface area (Å²) in [5, 5.41) is 3.50. The molecular formula is C18H26N4O. The molecule has 2 fully saturated rings. The van der Waals surface area contributed by atoms with Gasteiger partial charge in [0.2, 0.25) is 5.91 Å². The molecule has 0 aromatic heterocycles. The van der Waals surface area contributed by atoms with E-state index in [1.54, 1.807) is 19.0 Å². The Morgan fingerprint density at radius 3 is 2.65 bits per heavy atom. The SMILES string of the molecule is CN(C)C(=O)CN=C(NC1CC1)N1CCC(c2ccccc2)C1. The summed E-state index contributed by atoms with van der Waals surface area (Å²) in [6.07, 6.45) is 3.55. The maximum Gasteiger partial charge on any atom is 0.243 e. The van der Waals surface area contributed by atoms with Crippen molar-refractivity contribution in [1.29, 1.82) is 0 Å². The quantitative estimate of drug-likeness (QED) is 0.679. The lowest BCUT2D eigenvalue weighted by Gasteiger charge is -2.22. The van der Waals surface area contributed by atoms with Gasteiger partial charge in [-0.1, -0.05) is 30.3 Å². The van der Waals surface area contributed by atoms with Crippen LogP contribution in [0.25, 0.3) is 0 Å². The van der Waals surface area contributed by atoms with E-state index in [1.807, 2.05) is 0 Å². The number of hydrogen-bond donors (Lipinski definition) is 1. The summed E-state index contributed by atoms with van der Waals surface area (Å²) >= 11 is 0. The molecule has 3 rings (SSSR count). The molecule has 0 spiro atoms. The topological polar surface area (TPSA) is 47.9 Å². The van der Waals surface area contributed by atoms with Gasteiger partial charge >= 0.3 is 0 Å². The van der Waals surface area contributed by atoms with Crippen molar-refractivity contribution in [3.63, 3.8) is 0 Å². The highest BCUT2D eigenvalue weighted by Crippen LogP contribution is 2.27. The van der Waals surface area contributed by atoms with Gasteiger partial charge in [-0.05, 0) is 24.8 Å². The highest BCUT2D eigenvalue weighted by molar-refractivity contribution is 5.85. The van der Waals surface area contributed by atoms with Crippen LogP contribution < -0.4 is 5.32 Å². The average Bonchev–Trinajstić information content (AvgIpc) is 3.25. The molecule has 1 N–H and O–H groups in total. The fraction of sp³-hybridized carbons (Fsp3) is 0.556. The molecule has 0 radical (unpaired) electrons. The molecule has 2 aliphatic rings. The zero-order valence-electron chi connectivity index (χ0n) is 14.0. The third kappa shape index (κ3) is 4.24. The van der Waals surface area contributed by atoms with E-state index in [1.165, 1.54) is 18.4 Å². The van der Waals surface area contributed by atoms with Crippen molar-refractivity contribution in [1.82, 2.24) is 15.1 Å². The van der Waals surface area contributed by atoms with Crippen molar-refractivity contribution in [2.75, 3.05) is 33.7 Å². The molecule has 1 aromatic rings. The summed E-state index contributed by atoms with van der Waals surface area (Å²) in [7, 11) is 3.54. The Morgan fingerprint density at radius 1 is 1.26 bits per heavy atom. The van der Waals surface area contributed by atoms with Crippen LogP contribution in [0.4, 0.5) is 0 Å². The summed E-state index contributed by atoms with van der Waals surface area (Å²) in [6.45, 7) is 2.18. The molecule has 1 amide bonds. The highest BCUT2D eigenvalue weighted by atomic mass is 16.2. The minimum Gasteiger partial charge on any atom is -0.353 e. The Kier molecular flexibility index (Phi) is 4.84. The molecular weight excluding hydrogens is 288 g/mol. The molecule has 1 unspecified atom stereocenters. The minimum atomic E-state index is 0.0407. The maximum atomic E-state index is 11.8. The maximum absolute atomic E-state index is 11.8. The molecule has 1 atom stereocenters. The second kappa shape index (κ2) is 7.02. The molecule has 1 aliphatic carbocycles. The van der Waals surface area contributed by atoms with Crippen LogP contribution in [0.5, 0.6) is 0 Å².